The summed E-state index contributed by atoms with van der Waals surface area (Å²) in [5.74, 6) is 0.680. The van der Waals surface area contributed by atoms with Crippen LogP contribution in [-0.2, 0) is 11.2 Å². The fourth-order valence-electron chi connectivity index (χ4n) is 1.22. The summed E-state index contributed by atoms with van der Waals surface area (Å²) in [5, 5.41) is 16.6. The molecule has 114 valence electrons. The Morgan fingerprint density at radius 2 is 1.75 bits per heavy atom. The van der Waals surface area contributed by atoms with Gasteiger partial charge in [0.2, 0.25) is 0 Å². The zero-order valence-corrected chi connectivity index (χ0v) is 12.6. The van der Waals surface area contributed by atoms with Gasteiger partial charge in [0.05, 0.1) is 13.4 Å². The molecular weight excluding hydrogens is 256 g/mol. The van der Waals surface area contributed by atoms with Crippen LogP contribution in [0.25, 0.3) is 0 Å². The number of ether oxygens (including phenoxy) is 2. The summed E-state index contributed by atoms with van der Waals surface area (Å²) in [4.78, 5) is 0. The molecule has 0 amide bonds. The molecule has 1 aromatic carbocycles. The van der Waals surface area contributed by atoms with E-state index in [0.29, 0.717) is 5.75 Å². The summed E-state index contributed by atoms with van der Waals surface area (Å²) in [7, 11) is 1.53. The third-order valence-electron chi connectivity index (χ3n) is 2.03. The van der Waals surface area contributed by atoms with Gasteiger partial charge in [0.25, 0.3) is 0 Å². The van der Waals surface area contributed by atoms with Crippen molar-refractivity contribution in [1.82, 2.24) is 0 Å². The molecule has 1 rings (SSSR count). The molecule has 4 heteroatoms. The highest BCUT2D eigenvalue weighted by Gasteiger charge is 2.00. The molecular formula is C16H26O4. The normalized spacial score (nSPS) is 8.35. The molecule has 0 saturated carbocycles. The van der Waals surface area contributed by atoms with Crippen molar-refractivity contribution in [2.45, 2.75) is 20.3 Å². The number of methoxy groups -OCH3 is 1. The van der Waals surface area contributed by atoms with Gasteiger partial charge in [0.1, 0.15) is 0 Å². The first-order valence-corrected chi connectivity index (χ1v) is 6.40. The maximum atomic E-state index is 9.25. The van der Waals surface area contributed by atoms with Crippen LogP contribution in [0.15, 0.2) is 43.7 Å². The Morgan fingerprint density at radius 3 is 2.10 bits per heavy atom. The highest BCUT2D eigenvalue weighted by molar-refractivity contribution is 5.42. The maximum absolute atomic E-state index is 9.25. The molecule has 0 fully saturated rings. The van der Waals surface area contributed by atoms with Gasteiger partial charge in [-0.1, -0.05) is 18.7 Å². The molecule has 0 spiro atoms. The van der Waals surface area contributed by atoms with Crippen LogP contribution in [0.2, 0.25) is 0 Å². The number of aromatic hydroxyl groups is 1. The average Bonchev–Trinajstić information content (AvgIpc) is 2.44. The maximum Gasteiger partial charge on any atom is 0.160 e. The smallest absolute Gasteiger partial charge is 0.160 e. The topological polar surface area (TPSA) is 58.9 Å². The molecule has 0 radical (unpaired) electrons. The van der Waals surface area contributed by atoms with E-state index in [4.69, 9.17) is 14.6 Å². The second kappa shape index (κ2) is 15.1. The second-order valence-corrected chi connectivity index (χ2v) is 3.46. The highest BCUT2D eigenvalue weighted by atomic mass is 16.5. The zero-order chi connectivity index (χ0) is 15.8. The van der Waals surface area contributed by atoms with Crippen molar-refractivity contribution in [3.63, 3.8) is 0 Å². The van der Waals surface area contributed by atoms with Gasteiger partial charge in [0, 0.05) is 13.2 Å². The number of aliphatic hydroxyl groups excluding tert-OH is 1. The van der Waals surface area contributed by atoms with E-state index in [1.165, 1.54) is 7.11 Å². The number of allylic oxidation sites excluding steroid dienone is 1. The standard InChI is InChI=1S/C10H12O2.C4H10O.C2H4O/c1-3-4-8-5-6-9(11)10(7-8)12-2;1-3-5-4-2;1-2-3/h3,5-7,11H,1,4H2,2H3;3-4H2,1-2H3;2-3H,1H2. The van der Waals surface area contributed by atoms with Crippen molar-refractivity contribution in [2.75, 3.05) is 20.3 Å². The number of aliphatic hydroxyl groups is 1. The van der Waals surface area contributed by atoms with E-state index in [2.05, 4.69) is 13.2 Å². The number of phenolic OH excluding ortho intramolecular Hbond substituents is 1. The minimum Gasteiger partial charge on any atom is -0.516 e. The van der Waals surface area contributed by atoms with E-state index in [9.17, 15) is 5.11 Å². The Hall–Kier alpha value is -1.94. The van der Waals surface area contributed by atoms with E-state index in [1.807, 2.05) is 26.0 Å². The molecule has 0 saturated heterocycles. The Kier molecular flexibility index (Phi) is 15.4. The average molecular weight is 282 g/mol. The minimum absolute atomic E-state index is 0.172. The fraction of sp³-hybridized carbons (Fsp3) is 0.375. The lowest BCUT2D eigenvalue weighted by atomic mass is 10.1. The van der Waals surface area contributed by atoms with E-state index in [1.54, 1.807) is 12.1 Å². The Morgan fingerprint density at radius 1 is 1.20 bits per heavy atom. The van der Waals surface area contributed by atoms with Crippen LogP contribution in [0.5, 0.6) is 11.5 Å². The van der Waals surface area contributed by atoms with Crippen LogP contribution in [0.4, 0.5) is 0 Å². The lowest BCUT2D eigenvalue weighted by molar-refractivity contribution is 0.162. The summed E-state index contributed by atoms with van der Waals surface area (Å²) in [5.41, 5.74) is 1.08. The number of phenols is 1. The summed E-state index contributed by atoms with van der Waals surface area (Å²) < 4.78 is 9.78. The van der Waals surface area contributed by atoms with Crippen LogP contribution in [0, 0.1) is 0 Å². The van der Waals surface area contributed by atoms with Gasteiger partial charge >= 0.3 is 0 Å². The Balaban J connectivity index is 0. The lowest BCUT2D eigenvalue weighted by Gasteiger charge is -2.04. The molecule has 0 unspecified atom stereocenters. The van der Waals surface area contributed by atoms with Gasteiger partial charge in [-0.15, -0.1) is 6.58 Å². The molecule has 4 nitrogen and oxygen atoms in total. The first-order chi connectivity index (χ1) is 9.60. The van der Waals surface area contributed by atoms with Gasteiger partial charge in [-0.2, -0.15) is 0 Å². The van der Waals surface area contributed by atoms with Crippen LogP contribution >= 0.6 is 0 Å². The quantitative estimate of drug-likeness (QED) is 0.636. The predicted octanol–water partition coefficient (Wildman–Crippen LogP) is 3.86. The first-order valence-electron chi connectivity index (χ1n) is 6.40. The molecule has 0 aliphatic heterocycles. The first kappa shape index (κ1) is 20.4. The number of benzene rings is 1. The predicted molar refractivity (Wildman–Crippen MR) is 83.6 cm³/mol. The van der Waals surface area contributed by atoms with Crippen molar-refractivity contribution in [1.29, 1.82) is 0 Å². The molecule has 0 bridgehead atoms. The summed E-state index contributed by atoms with van der Waals surface area (Å²) >= 11 is 0. The minimum atomic E-state index is 0.172. The van der Waals surface area contributed by atoms with Crippen LogP contribution < -0.4 is 4.74 Å². The molecule has 0 aliphatic rings. The Bertz CT molecular complexity index is 359. The highest BCUT2D eigenvalue weighted by Crippen LogP contribution is 2.26. The number of hydrogen-bond acceptors (Lipinski definition) is 4. The largest absolute Gasteiger partial charge is 0.516 e. The van der Waals surface area contributed by atoms with Crippen molar-refractivity contribution >= 4 is 0 Å². The molecule has 0 aromatic heterocycles. The molecule has 20 heavy (non-hydrogen) atoms. The lowest BCUT2D eigenvalue weighted by Crippen LogP contribution is -1.86. The van der Waals surface area contributed by atoms with Gasteiger partial charge in [-0.25, -0.2) is 0 Å². The van der Waals surface area contributed by atoms with Crippen molar-refractivity contribution in [3.05, 3.63) is 49.3 Å². The van der Waals surface area contributed by atoms with Gasteiger partial charge < -0.3 is 19.7 Å². The molecule has 2 N–H and O–H groups in total. The monoisotopic (exact) mass is 282 g/mol. The van der Waals surface area contributed by atoms with E-state index in [0.717, 1.165) is 31.5 Å². The summed E-state index contributed by atoms with van der Waals surface area (Å²) in [6.07, 6.45) is 3.35. The summed E-state index contributed by atoms with van der Waals surface area (Å²) in [6.45, 7) is 12.2. The van der Waals surface area contributed by atoms with Crippen molar-refractivity contribution < 1.29 is 19.7 Å². The molecule has 0 atom stereocenters. The van der Waals surface area contributed by atoms with Crippen LogP contribution in [-0.4, -0.2) is 30.5 Å². The van der Waals surface area contributed by atoms with Crippen LogP contribution in [0.3, 0.4) is 0 Å². The van der Waals surface area contributed by atoms with Gasteiger partial charge in [-0.3, -0.25) is 0 Å². The Labute approximate surface area is 122 Å². The van der Waals surface area contributed by atoms with Crippen molar-refractivity contribution in [3.8, 4) is 11.5 Å². The van der Waals surface area contributed by atoms with E-state index >= 15 is 0 Å². The fourth-order valence-corrected chi connectivity index (χ4v) is 1.22. The third-order valence-corrected chi connectivity index (χ3v) is 2.03. The SMILES string of the molecule is C=CCc1ccc(O)c(OC)c1.C=CO.CCOCC. The molecule has 0 aliphatic carbocycles. The van der Waals surface area contributed by atoms with E-state index < -0.39 is 0 Å². The van der Waals surface area contributed by atoms with Crippen molar-refractivity contribution in [2.24, 2.45) is 0 Å². The van der Waals surface area contributed by atoms with E-state index in [-0.39, 0.29) is 5.75 Å². The molecule has 0 heterocycles. The zero-order valence-electron chi connectivity index (χ0n) is 12.6. The third kappa shape index (κ3) is 11.2. The summed E-state index contributed by atoms with van der Waals surface area (Å²) in [6, 6.07) is 5.27. The molecule has 1 aromatic rings. The number of hydrogen-bond donors (Lipinski definition) is 2. The van der Waals surface area contributed by atoms with Gasteiger partial charge in [-0.05, 0) is 38.0 Å². The van der Waals surface area contributed by atoms with Crippen LogP contribution in [0.1, 0.15) is 19.4 Å². The van der Waals surface area contributed by atoms with Gasteiger partial charge in [0.15, 0.2) is 11.5 Å². The second-order valence-electron chi connectivity index (χ2n) is 3.46. The number of rotatable bonds is 5.